The third-order valence-corrected chi connectivity index (χ3v) is 3.74. The number of hydrogen-bond donors (Lipinski definition) is 1. The van der Waals surface area contributed by atoms with Crippen LogP contribution in [0.4, 0.5) is 0 Å². The normalized spacial score (nSPS) is 12.4. The fourth-order valence-electron chi connectivity index (χ4n) is 1.87. The third kappa shape index (κ3) is 3.30. The average Bonchev–Trinajstić information content (AvgIpc) is 2.67. The lowest BCUT2D eigenvalue weighted by molar-refractivity contribution is 0.0182. The van der Waals surface area contributed by atoms with Crippen molar-refractivity contribution in [2.75, 3.05) is 20.6 Å². The van der Waals surface area contributed by atoms with Crippen molar-refractivity contribution < 1.29 is 5.11 Å². The number of halogens is 1. The number of aromatic nitrogens is 2. The zero-order valence-electron chi connectivity index (χ0n) is 11.1. The summed E-state index contributed by atoms with van der Waals surface area (Å²) in [6, 6.07) is 0. The number of nitrogens with zero attached hydrogens (tertiary/aromatic N) is 3. The van der Waals surface area contributed by atoms with E-state index in [2.05, 4.69) is 25.9 Å². The highest BCUT2D eigenvalue weighted by atomic mass is 79.9. The minimum Gasteiger partial charge on any atom is -0.384 e. The molecular formula is C12H22BrN3O. The van der Waals surface area contributed by atoms with Crippen molar-refractivity contribution in [1.29, 1.82) is 0 Å². The van der Waals surface area contributed by atoms with E-state index in [4.69, 9.17) is 0 Å². The maximum atomic E-state index is 10.6. The molecule has 5 heteroatoms. The first-order valence-electron chi connectivity index (χ1n) is 6.03. The van der Waals surface area contributed by atoms with Gasteiger partial charge in [-0.15, -0.1) is 0 Å². The molecule has 0 spiro atoms. The molecule has 17 heavy (non-hydrogen) atoms. The van der Waals surface area contributed by atoms with Crippen LogP contribution in [0.25, 0.3) is 0 Å². The van der Waals surface area contributed by atoms with Crippen LogP contribution in [0.1, 0.15) is 32.4 Å². The lowest BCUT2D eigenvalue weighted by Crippen LogP contribution is -2.30. The van der Waals surface area contributed by atoms with Crippen LogP contribution in [-0.4, -0.2) is 40.4 Å². The molecule has 0 saturated heterocycles. The first-order valence-corrected chi connectivity index (χ1v) is 6.82. The van der Waals surface area contributed by atoms with Crippen LogP contribution < -0.4 is 0 Å². The lowest BCUT2D eigenvalue weighted by atomic mass is 9.93. The Morgan fingerprint density at radius 3 is 2.47 bits per heavy atom. The Balaban J connectivity index is 3.01. The van der Waals surface area contributed by atoms with E-state index in [9.17, 15) is 5.11 Å². The minimum absolute atomic E-state index is 0.690. The highest BCUT2D eigenvalue weighted by molar-refractivity contribution is 9.10. The molecule has 0 atom stereocenters. The second-order valence-corrected chi connectivity index (χ2v) is 5.46. The van der Waals surface area contributed by atoms with Crippen molar-refractivity contribution in [2.45, 2.75) is 38.8 Å². The summed E-state index contributed by atoms with van der Waals surface area (Å²) in [6.45, 7) is 5.69. The van der Waals surface area contributed by atoms with Gasteiger partial charge in [0.15, 0.2) is 0 Å². The van der Waals surface area contributed by atoms with Gasteiger partial charge in [0, 0.05) is 6.54 Å². The number of likely N-dealkylation sites (N-methyl/N-ethyl adjacent to an activating group) is 1. The lowest BCUT2D eigenvalue weighted by Gasteiger charge is -2.27. The Hall–Kier alpha value is -0.390. The van der Waals surface area contributed by atoms with E-state index in [0.717, 1.165) is 23.3 Å². The van der Waals surface area contributed by atoms with E-state index in [0.29, 0.717) is 12.8 Å². The molecule has 1 heterocycles. The van der Waals surface area contributed by atoms with E-state index < -0.39 is 5.60 Å². The summed E-state index contributed by atoms with van der Waals surface area (Å²) in [7, 11) is 4.06. The van der Waals surface area contributed by atoms with E-state index in [1.807, 2.05) is 32.6 Å². The largest absolute Gasteiger partial charge is 0.384 e. The van der Waals surface area contributed by atoms with Gasteiger partial charge in [-0.05, 0) is 42.9 Å². The summed E-state index contributed by atoms with van der Waals surface area (Å²) >= 11 is 3.48. The molecule has 0 fully saturated rings. The van der Waals surface area contributed by atoms with Gasteiger partial charge in [0.2, 0.25) is 0 Å². The molecular weight excluding hydrogens is 282 g/mol. The van der Waals surface area contributed by atoms with Crippen molar-refractivity contribution in [2.24, 2.45) is 0 Å². The van der Waals surface area contributed by atoms with Crippen LogP contribution in [-0.2, 0) is 12.1 Å². The minimum atomic E-state index is -0.790. The van der Waals surface area contributed by atoms with Gasteiger partial charge in [-0.2, -0.15) is 5.10 Å². The van der Waals surface area contributed by atoms with Crippen molar-refractivity contribution in [3.63, 3.8) is 0 Å². The van der Waals surface area contributed by atoms with Crippen LogP contribution in [0.2, 0.25) is 0 Å². The summed E-state index contributed by atoms with van der Waals surface area (Å²) in [5.41, 5.74) is 0.103. The van der Waals surface area contributed by atoms with E-state index in [1.54, 1.807) is 6.20 Å². The second kappa shape index (κ2) is 5.98. The molecule has 1 aromatic rings. The highest BCUT2D eigenvalue weighted by Crippen LogP contribution is 2.33. The molecule has 0 unspecified atom stereocenters. The average molecular weight is 304 g/mol. The predicted molar refractivity (Wildman–Crippen MR) is 73.0 cm³/mol. The molecule has 1 aromatic heterocycles. The summed E-state index contributed by atoms with van der Waals surface area (Å²) < 4.78 is 2.79. The molecule has 0 amide bonds. The Labute approximate surface area is 112 Å². The van der Waals surface area contributed by atoms with Crippen molar-refractivity contribution in [1.82, 2.24) is 14.7 Å². The molecule has 1 rings (SSSR count). The van der Waals surface area contributed by atoms with Gasteiger partial charge in [0.1, 0.15) is 5.60 Å². The maximum Gasteiger partial charge on any atom is 0.107 e. The van der Waals surface area contributed by atoms with E-state index in [1.165, 1.54) is 0 Å². The first kappa shape index (κ1) is 14.7. The number of rotatable bonds is 6. The van der Waals surface area contributed by atoms with Crippen LogP contribution in [0.3, 0.4) is 0 Å². The standard InChI is InChI=1S/C12H22BrN3O/c1-5-12(17,6-2)11-10(13)9-14-16(11)8-7-15(3)4/h9,17H,5-8H2,1-4H3. The van der Waals surface area contributed by atoms with Crippen molar-refractivity contribution in [3.8, 4) is 0 Å². The van der Waals surface area contributed by atoms with Gasteiger partial charge < -0.3 is 10.0 Å². The Bertz CT molecular complexity index is 359. The molecule has 98 valence electrons. The SMILES string of the molecule is CCC(O)(CC)c1c(Br)cnn1CCN(C)C. The number of hydrogen-bond acceptors (Lipinski definition) is 3. The maximum absolute atomic E-state index is 10.6. The van der Waals surface area contributed by atoms with Gasteiger partial charge >= 0.3 is 0 Å². The molecule has 0 radical (unpaired) electrons. The molecule has 0 saturated carbocycles. The van der Waals surface area contributed by atoms with Crippen LogP contribution in [0, 0.1) is 0 Å². The Morgan fingerprint density at radius 1 is 1.41 bits per heavy atom. The summed E-state index contributed by atoms with van der Waals surface area (Å²) in [5, 5.41) is 14.9. The van der Waals surface area contributed by atoms with Crippen molar-refractivity contribution in [3.05, 3.63) is 16.4 Å². The smallest absolute Gasteiger partial charge is 0.107 e. The Morgan fingerprint density at radius 2 is 2.00 bits per heavy atom. The quantitative estimate of drug-likeness (QED) is 0.876. The van der Waals surface area contributed by atoms with Crippen LogP contribution in [0.5, 0.6) is 0 Å². The van der Waals surface area contributed by atoms with E-state index in [-0.39, 0.29) is 0 Å². The fourth-order valence-corrected chi connectivity index (χ4v) is 2.54. The summed E-state index contributed by atoms with van der Waals surface area (Å²) in [5.74, 6) is 0. The van der Waals surface area contributed by atoms with E-state index >= 15 is 0 Å². The fraction of sp³-hybridized carbons (Fsp3) is 0.750. The van der Waals surface area contributed by atoms with Crippen LogP contribution >= 0.6 is 15.9 Å². The first-order chi connectivity index (χ1) is 7.94. The Kier molecular flexibility index (Phi) is 5.16. The van der Waals surface area contributed by atoms with Gasteiger partial charge in [-0.1, -0.05) is 13.8 Å². The monoisotopic (exact) mass is 303 g/mol. The van der Waals surface area contributed by atoms with Gasteiger partial charge in [0.05, 0.1) is 22.9 Å². The zero-order valence-corrected chi connectivity index (χ0v) is 12.7. The zero-order chi connectivity index (χ0) is 13.1. The molecule has 0 aliphatic carbocycles. The molecule has 0 aromatic carbocycles. The molecule has 1 N–H and O–H groups in total. The van der Waals surface area contributed by atoms with Gasteiger partial charge in [-0.3, -0.25) is 4.68 Å². The topological polar surface area (TPSA) is 41.3 Å². The summed E-state index contributed by atoms with van der Waals surface area (Å²) in [4.78, 5) is 2.11. The molecule has 0 aliphatic rings. The van der Waals surface area contributed by atoms with Gasteiger partial charge in [-0.25, -0.2) is 0 Å². The predicted octanol–water partition coefficient (Wildman–Crippen LogP) is 2.21. The summed E-state index contributed by atoms with van der Waals surface area (Å²) in [6.07, 6.45) is 3.15. The molecule has 0 bridgehead atoms. The third-order valence-electron chi connectivity index (χ3n) is 3.16. The van der Waals surface area contributed by atoms with Crippen molar-refractivity contribution >= 4 is 15.9 Å². The van der Waals surface area contributed by atoms with Gasteiger partial charge in [0.25, 0.3) is 0 Å². The molecule has 4 nitrogen and oxygen atoms in total. The second-order valence-electron chi connectivity index (χ2n) is 4.61. The molecule has 0 aliphatic heterocycles. The highest BCUT2D eigenvalue weighted by Gasteiger charge is 2.31. The number of aliphatic hydroxyl groups is 1. The van der Waals surface area contributed by atoms with Crippen LogP contribution in [0.15, 0.2) is 10.7 Å².